The Labute approximate surface area is 118 Å². The molecule has 1 saturated heterocycles. The lowest BCUT2D eigenvalue weighted by molar-refractivity contribution is 0.197. The molecule has 3 heterocycles. The van der Waals surface area contributed by atoms with Crippen LogP contribution in [0.2, 0.25) is 0 Å². The number of likely N-dealkylation sites (tertiary alicyclic amines) is 1. The predicted octanol–water partition coefficient (Wildman–Crippen LogP) is 3.23. The monoisotopic (exact) mass is 273 g/mol. The Morgan fingerprint density at radius 1 is 1.37 bits per heavy atom. The zero-order valence-electron chi connectivity index (χ0n) is 11.2. The van der Waals surface area contributed by atoms with Gasteiger partial charge in [-0.2, -0.15) is 0 Å². The van der Waals surface area contributed by atoms with E-state index in [1.165, 1.54) is 35.7 Å². The number of aryl methyl sites for hydroxylation is 1. The standard InChI is InChI=1S/C15H19N3S/c1-12-4-2-6-16-14(12)11-18-8-3-5-13(10-18)15-17-7-9-19-15/h2,4,6-7,9,13H,3,5,8,10-11H2,1H3. The summed E-state index contributed by atoms with van der Waals surface area (Å²) in [6, 6.07) is 4.15. The van der Waals surface area contributed by atoms with Crippen molar-refractivity contribution in [2.75, 3.05) is 13.1 Å². The van der Waals surface area contributed by atoms with Gasteiger partial charge in [0.1, 0.15) is 0 Å². The minimum absolute atomic E-state index is 0.609. The van der Waals surface area contributed by atoms with E-state index >= 15 is 0 Å². The van der Waals surface area contributed by atoms with Gasteiger partial charge in [-0.1, -0.05) is 6.07 Å². The summed E-state index contributed by atoms with van der Waals surface area (Å²) in [7, 11) is 0. The lowest BCUT2D eigenvalue weighted by atomic mass is 9.98. The van der Waals surface area contributed by atoms with E-state index in [-0.39, 0.29) is 0 Å². The molecule has 4 heteroatoms. The van der Waals surface area contributed by atoms with Gasteiger partial charge in [0.15, 0.2) is 0 Å². The lowest BCUT2D eigenvalue weighted by Gasteiger charge is -2.31. The first-order valence-electron chi connectivity index (χ1n) is 6.85. The highest BCUT2D eigenvalue weighted by molar-refractivity contribution is 7.09. The molecule has 1 aliphatic rings. The smallest absolute Gasteiger partial charge is 0.0968 e. The highest BCUT2D eigenvalue weighted by Crippen LogP contribution is 2.28. The van der Waals surface area contributed by atoms with Crippen molar-refractivity contribution < 1.29 is 0 Å². The number of rotatable bonds is 3. The maximum atomic E-state index is 4.51. The van der Waals surface area contributed by atoms with Crippen LogP contribution in [-0.4, -0.2) is 28.0 Å². The number of piperidine rings is 1. The molecule has 19 heavy (non-hydrogen) atoms. The number of aromatic nitrogens is 2. The Balaban J connectivity index is 1.67. The first-order valence-corrected chi connectivity index (χ1v) is 7.73. The number of pyridine rings is 1. The van der Waals surface area contributed by atoms with E-state index < -0.39 is 0 Å². The summed E-state index contributed by atoms with van der Waals surface area (Å²) < 4.78 is 0. The van der Waals surface area contributed by atoms with Crippen molar-refractivity contribution >= 4 is 11.3 Å². The molecular weight excluding hydrogens is 254 g/mol. The van der Waals surface area contributed by atoms with E-state index in [9.17, 15) is 0 Å². The summed E-state index contributed by atoms with van der Waals surface area (Å²) in [6.07, 6.45) is 6.34. The molecule has 0 bridgehead atoms. The van der Waals surface area contributed by atoms with Crippen LogP contribution in [0.4, 0.5) is 0 Å². The van der Waals surface area contributed by atoms with E-state index in [1.54, 1.807) is 11.3 Å². The molecule has 3 rings (SSSR count). The van der Waals surface area contributed by atoms with Crippen LogP contribution in [0.25, 0.3) is 0 Å². The van der Waals surface area contributed by atoms with E-state index in [1.807, 2.05) is 18.5 Å². The SMILES string of the molecule is Cc1cccnc1CN1CCCC(c2nccs2)C1. The lowest BCUT2D eigenvalue weighted by Crippen LogP contribution is -2.34. The highest BCUT2D eigenvalue weighted by Gasteiger charge is 2.23. The van der Waals surface area contributed by atoms with Gasteiger partial charge in [0.2, 0.25) is 0 Å². The second-order valence-corrected chi connectivity index (χ2v) is 6.14. The fraction of sp³-hybridized carbons (Fsp3) is 0.467. The molecule has 0 spiro atoms. The summed E-state index contributed by atoms with van der Waals surface area (Å²) in [5.74, 6) is 0.609. The Morgan fingerprint density at radius 3 is 3.11 bits per heavy atom. The van der Waals surface area contributed by atoms with Crippen molar-refractivity contribution in [1.29, 1.82) is 0 Å². The van der Waals surface area contributed by atoms with Crippen molar-refractivity contribution in [3.05, 3.63) is 46.2 Å². The summed E-state index contributed by atoms with van der Waals surface area (Å²) in [4.78, 5) is 11.5. The molecule has 1 aliphatic heterocycles. The van der Waals surface area contributed by atoms with Gasteiger partial charge >= 0.3 is 0 Å². The fourth-order valence-corrected chi connectivity index (χ4v) is 3.50. The molecule has 0 N–H and O–H groups in total. The van der Waals surface area contributed by atoms with Gasteiger partial charge in [-0.3, -0.25) is 9.88 Å². The molecule has 1 unspecified atom stereocenters. The summed E-state index contributed by atoms with van der Waals surface area (Å²) in [5.41, 5.74) is 2.50. The third-order valence-electron chi connectivity index (χ3n) is 3.80. The summed E-state index contributed by atoms with van der Waals surface area (Å²) in [6.45, 7) is 5.40. The van der Waals surface area contributed by atoms with E-state index in [2.05, 4.69) is 33.2 Å². The van der Waals surface area contributed by atoms with Crippen molar-refractivity contribution in [1.82, 2.24) is 14.9 Å². The quantitative estimate of drug-likeness (QED) is 0.859. The Bertz CT molecular complexity index is 524. The largest absolute Gasteiger partial charge is 0.297 e. The normalized spacial score (nSPS) is 20.6. The van der Waals surface area contributed by atoms with Gasteiger partial charge in [-0.05, 0) is 37.9 Å². The Hall–Kier alpha value is -1.26. The van der Waals surface area contributed by atoms with E-state index in [0.717, 1.165) is 13.1 Å². The van der Waals surface area contributed by atoms with Crippen LogP contribution in [0, 0.1) is 6.92 Å². The minimum Gasteiger partial charge on any atom is -0.297 e. The molecule has 2 aromatic rings. The van der Waals surface area contributed by atoms with Crippen LogP contribution in [-0.2, 0) is 6.54 Å². The van der Waals surface area contributed by atoms with Gasteiger partial charge in [-0.15, -0.1) is 11.3 Å². The third-order valence-corrected chi connectivity index (χ3v) is 4.74. The van der Waals surface area contributed by atoms with Crippen LogP contribution >= 0.6 is 11.3 Å². The number of hydrogen-bond donors (Lipinski definition) is 0. The molecule has 2 aromatic heterocycles. The molecule has 1 atom stereocenters. The second-order valence-electron chi connectivity index (χ2n) is 5.21. The molecule has 0 amide bonds. The molecule has 0 radical (unpaired) electrons. The molecular formula is C15H19N3S. The molecule has 100 valence electrons. The number of nitrogens with zero attached hydrogens (tertiary/aromatic N) is 3. The van der Waals surface area contributed by atoms with Crippen LogP contribution < -0.4 is 0 Å². The zero-order chi connectivity index (χ0) is 13.1. The average molecular weight is 273 g/mol. The minimum atomic E-state index is 0.609. The van der Waals surface area contributed by atoms with Gasteiger partial charge in [0.25, 0.3) is 0 Å². The maximum absolute atomic E-state index is 4.51. The highest BCUT2D eigenvalue weighted by atomic mass is 32.1. The Morgan fingerprint density at radius 2 is 2.32 bits per heavy atom. The zero-order valence-corrected chi connectivity index (χ0v) is 12.1. The first-order chi connectivity index (χ1) is 9.33. The molecule has 0 aliphatic carbocycles. The second kappa shape index (κ2) is 5.80. The molecule has 1 fully saturated rings. The third kappa shape index (κ3) is 3.01. The van der Waals surface area contributed by atoms with Gasteiger partial charge in [-0.25, -0.2) is 4.98 Å². The topological polar surface area (TPSA) is 29.0 Å². The van der Waals surface area contributed by atoms with Crippen LogP contribution in [0.15, 0.2) is 29.9 Å². The maximum Gasteiger partial charge on any atom is 0.0968 e. The number of hydrogen-bond acceptors (Lipinski definition) is 4. The van der Waals surface area contributed by atoms with E-state index in [0.29, 0.717) is 5.92 Å². The first kappa shape index (κ1) is 12.8. The fourth-order valence-electron chi connectivity index (χ4n) is 2.73. The van der Waals surface area contributed by atoms with Gasteiger partial charge in [0.05, 0.1) is 10.7 Å². The van der Waals surface area contributed by atoms with Crippen molar-refractivity contribution in [3.8, 4) is 0 Å². The van der Waals surface area contributed by atoms with Gasteiger partial charge in [0, 0.05) is 36.8 Å². The molecule has 3 nitrogen and oxygen atoms in total. The predicted molar refractivity (Wildman–Crippen MR) is 78.3 cm³/mol. The van der Waals surface area contributed by atoms with Crippen molar-refractivity contribution in [2.24, 2.45) is 0 Å². The Kier molecular flexibility index (Phi) is 3.89. The van der Waals surface area contributed by atoms with Crippen LogP contribution in [0.5, 0.6) is 0 Å². The average Bonchev–Trinajstić information content (AvgIpc) is 2.96. The van der Waals surface area contributed by atoms with Gasteiger partial charge < -0.3 is 0 Å². The van der Waals surface area contributed by atoms with Crippen molar-refractivity contribution in [3.63, 3.8) is 0 Å². The van der Waals surface area contributed by atoms with Crippen molar-refractivity contribution in [2.45, 2.75) is 32.2 Å². The van der Waals surface area contributed by atoms with Crippen LogP contribution in [0.3, 0.4) is 0 Å². The molecule has 0 aromatic carbocycles. The van der Waals surface area contributed by atoms with E-state index in [4.69, 9.17) is 0 Å². The molecule has 0 saturated carbocycles. The summed E-state index contributed by atoms with van der Waals surface area (Å²) in [5, 5.41) is 3.37. The number of thiazole rings is 1. The summed E-state index contributed by atoms with van der Waals surface area (Å²) >= 11 is 1.79. The van der Waals surface area contributed by atoms with Crippen LogP contribution in [0.1, 0.15) is 35.0 Å².